The van der Waals surface area contributed by atoms with E-state index in [2.05, 4.69) is 13.8 Å². The molecule has 74 heavy (non-hydrogen) atoms. The van der Waals surface area contributed by atoms with Crippen molar-refractivity contribution >= 4 is 35.8 Å². The molecule has 0 aromatic carbocycles. The lowest BCUT2D eigenvalue weighted by atomic mass is 9.49. The molecule has 12 heteroatoms. The molecule has 0 aromatic heterocycles. The zero-order valence-corrected chi connectivity index (χ0v) is 44.5. The molecule has 0 aliphatic heterocycles. The minimum absolute atomic E-state index is 0. The second kappa shape index (κ2) is 30.1. The predicted octanol–water partition coefficient (Wildman–Crippen LogP) is 15.7. The third-order valence-electron chi connectivity index (χ3n) is 18.5. The summed E-state index contributed by atoms with van der Waals surface area (Å²) in [5, 5.41) is 0. The molecule has 9 saturated carbocycles. The first-order chi connectivity index (χ1) is 31.8. The van der Waals surface area contributed by atoms with E-state index in [1.165, 1.54) is 70.6 Å². The highest BCUT2D eigenvalue weighted by Crippen LogP contribution is 2.61. The van der Waals surface area contributed by atoms with Gasteiger partial charge in [-0.1, -0.05) is 78.7 Å². The maximum Gasteiger partial charge on any atom is 0.344 e. The molecular formula is C62H116O12. The summed E-state index contributed by atoms with van der Waals surface area (Å²) < 4.78 is 33.2. The van der Waals surface area contributed by atoms with Gasteiger partial charge in [-0.15, -0.1) is 0 Å². The van der Waals surface area contributed by atoms with Gasteiger partial charge >= 0.3 is 35.8 Å². The Morgan fingerprint density at radius 1 is 0.432 bits per heavy atom. The zero-order chi connectivity index (χ0) is 50.3. The van der Waals surface area contributed by atoms with Crippen LogP contribution in [0.15, 0.2) is 0 Å². The van der Waals surface area contributed by atoms with Crippen LogP contribution in [0.1, 0.15) is 262 Å². The van der Waals surface area contributed by atoms with Gasteiger partial charge in [-0.25, -0.2) is 4.79 Å². The normalized spacial score (nSPS) is 29.2. The van der Waals surface area contributed by atoms with Gasteiger partial charge in [-0.2, -0.15) is 0 Å². The first-order valence-corrected chi connectivity index (χ1v) is 27.0. The highest BCUT2D eigenvalue weighted by Gasteiger charge is 2.59. The van der Waals surface area contributed by atoms with E-state index in [4.69, 9.17) is 28.4 Å². The van der Waals surface area contributed by atoms with Crippen molar-refractivity contribution in [2.24, 2.45) is 63.6 Å². The average molecular weight is 1050 g/mol. The van der Waals surface area contributed by atoms with Crippen LogP contribution in [0.25, 0.3) is 0 Å². The van der Waals surface area contributed by atoms with E-state index in [1.807, 2.05) is 69.2 Å². The largest absolute Gasteiger partial charge is 0.465 e. The molecule has 9 fully saturated rings. The van der Waals surface area contributed by atoms with Crippen LogP contribution >= 0.6 is 0 Å². The van der Waals surface area contributed by atoms with Crippen molar-refractivity contribution in [2.75, 3.05) is 19.8 Å². The quantitative estimate of drug-likeness (QED) is 0.0946. The predicted molar refractivity (Wildman–Crippen MR) is 300 cm³/mol. The molecule has 0 amide bonds. The Balaban J connectivity index is 0. The molecule has 9 aliphatic rings. The number of hydrogen-bond donors (Lipinski definition) is 0. The number of carbonyl (C=O) groups excluding carboxylic acids is 6. The molecular weight excluding hydrogens is 937 g/mol. The fourth-order valence-electron chi connectivity index (χ4n) is 12.9. The fraction of sp³-hybridized carbons (Fsp3) is 0.903. The van der Waals surface area contributed by atoms with Crippen LogP contribution in [0.2, 0.25) is 0 Å². The van der Waals surface area contributed by atoms with Crippen LogP contribution in [-0.4, -0.2) is 72.4 Å². The SMILES string of the molecule is C.C.C.C.C.C.CCC(C)(C)C(=O)OCC(=O)OC1(C)CCCCC1.CCC(C)(C)C(=O)OCCC(=O)OC1(C)C2CC3CC(C2)CC1C3.CCC(C)(C)C(=O)OCCC(=O)OC1(CC)C2CC3CC(C2)CC1C3. The Kier molecular flexibility index (Phi) is 29.6. The van der Waals surface area contributed by atoms with Crippen molar-refractivity contribution in [2.45, 2.75) is 279 Å². The van der Waals surface area contributed by atoms with Crippen LogP contribution in [0.4, 0.5) is 0 Å². The highest BCUT2D eigenvalue weighted by atomic mass is 16.6. The van der Waals surface area contributed by atoms with E-state index in [0.717, 1.165) is 68.6 Å². The Bertz CT molecular complexity index is 1700. The Hall–Kier alpha value is -3.18. The minimum atomic E-state index is -0.547. The lowest BCUT2D eigenvalue weighted by Crippen LogP contribution is -2.59. The summed E-state index contributed by atoms with van der Waals surface area (Å²) in [6.45, 7) is 23.2. The van der Waals surface area contributed by atoms with E-state index >= 15 is 0 Å². The molecule has 9 rings (SSSR count). The second-order valence-corrected chi connectivity index (χ2v) is 24.6. The van der Waals surface area contributed by atoms with Gasteiger partial charge in [-0.05, 0) is 218 Å². The number of carbonyl (C=O) groups is 6. The van der Waals surface area contributed by atoms with Gasteiger partial charge in [-0.3, -0.25) is 24.0 Å². The van der Waals surface area contributed by atoms with E-state index in [-0.39, 0.29) is 124 Å². The van der Waals surface area contributed by atoms with Crippen LogP contribution in [-0.2, 0) is 57.2 Å². The maximum atomic E-state index is 12.5. The van der Waals surface area contributed by atoms with Crippen LogP contribution in [0.3, 0.4) is 0 Å². The molecule has 0 atom stereocenters. The van der Waals surface area contributed by atoms with E-state index in [0.29, 0.717) is 30.1 Å². The molecule has 0 radical (unpaired) electrons. The molecule has 0 spiro atoms. The molecule has 0 heterocycles. The minimum Gasteiger partial charge on any atom is -0.465 e. The summed E-state index contributed by atoms with van der Waals surface area (Å²) in [7, 11) is 0. The number of rotatable bonds is 18. The first kappa shape index (κ1) is 72.9. The van der Waals surface area contributed by atoms with Crippen molar-refractivity contribution in [3.05, 3.63) is 0 Å². The van der Waals surface area contributed by atoms with Gasteiger partial charge < -0.3 is 28.4 Å². The van der Waals surface area contributed by atoms with Crippen molar-refractivity contribution in [3.63, 3.8) is 0 Å². The second-order valence-electron chi connectivity index (χ2n) is 24.6. The zero-order valence-electron chi connectivity index (χ0n) is 44.5. The molecule has 436 valence electrons. The summed E-state index contributed by atoms with van der Waals surface area (Å²) in [4.78, 5) is 72.3. The van der Waals surface area contributed by atoms with Crippen LogP contribution in [0, 0.1) is 63.6 Å². The number of hydrogen-bond acceptors (Lipinski definition) is 12. The average Bonchev–Trinajstić information content (AvgIpc) is 3.28. The highest BCUT2D eigenvalue weighted by molar-refractivity contribution is 5.80. The van der Waals surface area contributed by atoms with Gasteiger partial charge in [0.15, 0.2) is 6.61 Å². The van der Waals surface area contributed by atoms with Crippen molar-refractivity contribution in [3.8, 4) is 0 Å². The topological polar surface area (TPSA) is 158 Å². The first-order valence-electron chi connectivity index (χ1n) is 27.0. The summed E-state index contributed by atoms with van der Waals surface area (Å²) >= 11 is 0. The molecule has 9 aliphatic carbocycles. The molecule has 0 unspecified atom stereocenters. The maximum absolute atomic E-state index is 12.5. The molecule has 0 saturated heterocycles. The number of esters is 6. The summed E-state index contributed by atoms with van der Waals surface area (Å²) in [5.41, 5.74) is -2.45. The van der Waals surface area contributed by atoms with Gasteiger partial charge in [0.2, 0.25) is 0 Å². The molecule has 12 nitrogen and oxygen atoms in total. The van der Waals surface area contributed by atoms with Crippen molar-refractivity contribution in [1.82, 2.24) is 0 Å². The van der Waals surface area contributed by atoms with Gasteiger partial charge in [0.05, 0.1) is 29.1 Å². The summed E-state index contributed by atoms with van der Waals surface area (Å²) in [6.07, 6.45) is 21.1. The van der Waals surface area contributed by atoms with Gasteiger partial charge in [0.1, 0.15) is 30.0 Å². The van der Waals surface area contributed by atoms with Crippen LogP contribution in [0.5, 0.6) is 0 Å². The third-order valence-corrected chi connectivity index (χ3v) is 18.5. The fourth-order valence-corrected chi connectivity index (χ4v) is 12.9. The molecule has 0 aromatic rings. The smallest absolute Gasteiger partial charge is 0.344 e. The third kappa shape index (κ3) is 17.9. The molecule has 0 N–H and O–H groups in total. The monoisotopic (exact) mass is 1050 g/mol. The van der Waals surface area contributed by atoms with Crippen LogP contribution < -0.4 is 0 Å². The standard InChI is InChI=1S/C21H34O4.C20H32O4.C15H26O4.6CH4/c1-5-20(3,4)19(23)24-8-7-18(22)25-21(6-2)16-10-14-9-15(12-16)13-17(21)11-14;1-5-19(2,3)18(22)23-7-6-17(21)24-20(4)15-9-13-8-14(11-15)12-16(20)10-13;1-5-14(2,3)13(17)18-11-12(16)19-15(4)9-7-6-8-10-15;;;;;;/h14-17H,5-13H2,1-4H3;13-16H,5-12H2,1-4H3;5-11H2,1-4H3;6*1H4. The Morgan fingerprint density at radius 3 is 1.12 bits per heavy atom. The van der Waals surface area contributed by atoms with E-state index in [1.54, 1.807) is 0 Å². The van der Waals surface area contributed by atoms with E-state index in [9.17, 15) is 28.8 Å². The number of ether oxygens (including phenoxy) is 6. The Labute approximate surface area is 454 Å². The summed E-state index contributed by atoms with van der Waals surface area (Å²) in [6, 6.07) is 0. The van der Waals surface area contributed by atoms with Gasteiger partial charge in [0.25, 0.3) is 0 Å². The van der Waals surface area contributed by atoms with Crippen molar-refractivity contribution in [1.29, 1.82) is 0 Å². The lowest BCUT2D eigenvalue weighted by Gasteiger charge is -2.60. The summed E-state index contributed by atoms with van der Waals surface area (Å²) in [5.74, 6) is 3.90. The van der Waals surface area contributed by atoms with Gasteiger partial charge in [0, 0.05) is 0 Å². The lowest BCUT2D eigenvalue weighted by molar-refractivity contribution is -0.211. The van der Waals surface area contributed by atoms with E-state index < -0.39 is 22.2 Å². The van der Waals surface area contributed by atoms with Crippen molar-refractivity contribution < 1.29 is 57.2 Å². The molecule has 8 bridgehead atoms. The Morgan fingerprint density at radius 2 is 0.770 bits per heavy atom.